The van der Waals surface area contributed by atoms with E-state index in [9.17, 15) is 4.79 Å². The van der Waals surface area contributed by atoms with Gasteiger partial charge in [-0.25, -0.2) is 0 Å². The third-order valence-electron chi connectivity index (χ3n) is 3.56. The average molecular weight is 322 g/mol. The summed E-state index contributed by atoms with van der Waals surface area (Å²) in [6.07, 6.45) is 3.30. The van der Waals surface area contributed by atoms with Crippen molar-refractivity contribution in [1.29, 1.82) is 0 Å². The van der Waals surface area contributed by atoms with Crippen molar-refractivity contribution in [3.63, 3.8) is 0 Å². The monoisotopic (exact) mass is 322 g/mol. The van der Waals surface area contributed by atoms with Gasteiger partial charge in [0.1, 0.15) is 5.69 Å². The van der Waals surface area contributed by atoms with E-state index in [1.807, 2.05) is 36.4 Å². The number of aromatic nitrogens is 3. The molecule has 0 radical (unpaired) electrons. The van der Waals surface area contributed by atoms with E-state index < -0.39 is 0 Å². The molecule has 6 heteroatoms. The van der Waals surface area contributed by atoms with Crippen LogP contribution in [-0.2, 0) is 17.6 Å². The van der Waals surface area contributed by atoms with Crippen LogP contribution in [0.1, 0.15) is 24.8 Å². The van der Waals surface area contributed by atoms with E-state index in [4.69, 9.17) is 4.42 Å². The van der Waals surface area contributed by atoms with Crippen LogP contribution in [0.25, 0.3) is 11.6 Å². The maximum atomic E-state index is 12.0. The van der Waals surface area contributed by atoms with E-state index in [-0.39, 0.29) is 12.3 Å². The normalized spacial score (nSPS) is 10.5. The molecule has 0 atom stereocenters. The fourth-order valence-electron chi connectivity index (χ4n) is 2.22. The molecule has 0 unspecified atom stereocenters. The molecule has 3 rings (SSSR count). The Morgan fingerprint density at radius 2 is 1.96 bits per heavy atom. The van der Waals surface area contributed by atoms with Gasteiger partial charge in [-0.15, -0.1) is 10.2 Å². The number of hydrogen-bond acceptors (Lipinski definition) is 5. The zero-order valence-corrected chi connectivity index (χ0v) is 13.4. The summed E-state index contributed by atoms with van der Waals surface area (Å²) in [6.45, 7) is 2.09. The van der Waals surface area contributed by atoms with Crippen LogP contribution in [0, 0.1) is 0 Å². The van der Waals surface area contributed by atoms with Gasteiger partial charge in [0.05, 0.1) is 0 Å². The topological polar surface area (TPSA) is 80.9 Å². The van der Waals surface area contributed by atoms with Crippen LogP contribution < -0.4 is 5.32 Å². The first-order valence-electron chi connectivity index (χ1n) is 7.87. The van der Waals surface area contributed by atoms with Gasteiger partial charge in [0, 0.05) is 24.7 Å². The highest BCUT2D eigenvalue weighted by Gasteiger charge is 2.11. The first kappa shape index (κ1) is 15.9. The van der Waals surface area contributed by atoms with Crippen LogP contribution in [0.2, 0.25) is 0 Å². The van der Waals surface area contributed by atoms with Gasteiger partial charge in [-0.3, -0.25) is 9.78 Å². The van der Waals surface area contributed by atoms with Crippen molar-refractivity contribution in [3.8, 4) is 11.6 Å². The number of rotatable bonds is 6. The second-order valence-corrected chi connectivity index (χ2v) is 5.31. The van der Waals surface area contributed by atoms with Gasteiger partial charge < -0.3 is 9.73 Å². The molecule has 122 valence electrons. The van der Waals surface area contributed by atoms with Crippen LogP contribution in [0.4, 0.5) is 5.69 Å². The smallest absolute Gasteiger partial charge is 0.266 e. The second kappa shape index (κ2) is 7.50. The predicted molar refractivity (Wildman–Crippen MR) is 90.3 cm³/mol. The molecule has 2 aromatic heterocycles. The summed E-state index contributed by atoms with van der Waals surface area (Å²) >= 11 is 0. The van der Waals surface area contributed by atoms with Gasteiger partial charge in [0.15, 0.2) is 0 Å². The number of anilines is 1. The van der Waals surface area contributed by atoms with Gasteiger partial charge in [0.2, 0.25) is 11.8 Å². The van der Waals surface area contributed by atoms with Crippen molar-refractivity contribution in [2.75, 3.05) is 5.32 Å². The summed E-state index contributed by atoms with van der Waals surface area (Å²) in [6, 6.07) is 13.3. The number of aryl methyl sites for hydroxylation is 2. The van der Waals surface area contributed by atoms with E-state index in [1.165, 1.54) is 5.56 Å². The molecule has 0 bridgehead atoms. The van der Waals surface area contributed by atoms with Crippen LogP contribution in [0.15, 0.2) is 53.1 Å². The van der Waals surface area contributed by atoms with Crippen molar-refractivity contribution in [2.24, 2.45) is 0 Å². The molecule has 0 saturated carbocycles. The van der Waals surface area contributed by atoms with E-state index >= 15 is 0 Å². The number of pyridine rings is 1. The Balaban J connectivity index is 1.53. The maximum Gasteiger partial charge on any atom is 0.266 e. The maximum absolute atomic E-state index is 12.0. The van der Waals surface area contributed by atoms with Crippen LogP contribution in [0.3, 0.4) is 0 Å². The Morgan fingerprint density at radius 1 is 1.12 bits per heavy atom. The van der Waals surface area contributed by atoms with Crippen LogP contribution >= 0.6 is 0 Å². The summed E-state index contributed by atoms with van der Waals surface area (Å²) in [5.41, 5.74) is 2.65. The molecule has 0 aliphatic heterocycles. The standard InChI is InChI=1S/C18H18N4O2/c1-2-13-6-8-14(9-7-13)20-16(23)10-11-17-21-22-18(24-17)15-5-3-4-12-19-15/h3-9,12H,2,10-11H2,1H3,(H,20,23). The highest BCUT2D eigenvalue weighted by atomic mass is 16.4. The van der Waals surface area contributed by atoms with Crippen molar-refractivity contribution in [2.45, 2.75) is 26.2 Å². The molecule has 1 N–H and O–H groups in total. The molecule has 0 spiro atoms. The highest BCUT2D eigenvalue weighted by molar-refractivity contribution is 5.90. The molecule has 2 heterocycles. The SMILES string of the molecule is CCc1ccc(NC(=O)CCc2nnc(-c3ccccn3)o2)cc1. The summed E-state index contributed by atoms with van der Waals surface area (Å²) < 4.78 is 5.54. The molecular weight excluding hydrogens is 304 g/mol. The fourth-order valence-corrected chi connectivity index (χ4v) is 2.22. The first-order chi connectivity index (χ1) is 11.7. The van der Waals surface area contributed by atoms with Gasteiger partial charge in [0.25, 0.3) is 5.89 Å². The molecule has 0 saturated heterocycles. The largest absolute Gasteiger partial charge is 0.419 e. The molecular formula is C18H18N4O2. The number of amides is 1. The van der Waals surface area contributed by atoms with Crippen molar-refractivity contribution in [3.05, 3.63) is 60.1 Å². The van der Waals surface area contributed by atoms with Crippen molar-refractivity contribution >= 4 is 11.6 Å². The molecule has 1 amide bonds. The Kier molecular flexibility index (Phi) is 4.96. The Hall–Kier alpha value is -3.02. The zero-order valence-electron chi connectivity index (χ0n) is 13.4. The van der Waals surface area contributed by atoms with E-state index in [0.29, 0.717) is 23.9 Å². The second-order valence-electron chi connectivity index (χ2n) is 5.31. The third kappa shape index (κ3) is 4.04. The average Bonchev–Trinajstić information content (AvgIpc) is 3.10. The molecule has 1 aromatic carbocycles. The summed E-state index contributed by atoms with van der Waals surface area (Å²) in [5, 5.41) is 10.8. The van der Waals surface area contributed by atoms with Crippen molar-refractivity contribution < 1.29 is 9.21 Å². The number of benzene rings is 1. The quantitative estimate of drug-likeness (QED) is 0.753. The lowest BCUT2D eigenvalue weighted by Gasteiger charge is -2.05. The number of nitrogens with one attached hydrogen (secondary N) is 1. The van der Waals surface area contributed by atoms with Gasteiger partial charge in [-0.2, -0.15) is 0 Å². The Labute approximate surface area is 140 Å². The molecule has 3 aromatic rings. The van der Waals surface area contributed by atoms with E-state index in [1.54, 1.807) is 12.3 Å². The van der Waals surface area contributed by atoms with Gasteiger partial charge in [-0.05, 0) is 36.2 Å². The van der Waals surface area contributed by atoms with E-state index in [2.05, 4.69) is 27.4 Å². The summed E-state index contributed by atoms with van der Waals surface area (Å²) in [4.78, 5) is 16.2. The van der Waals surface area contributed by atoms with E-state index in [0.717, 1.165) is 12.1 Å². The summed E-state index contributed by atoms with van der Waals surface area (Å²) in [7, 11) is 0. The molecule has 0 aliphatic carbocycles. The molecule has 0 fully saturated rings. The minimum Gasteiger partial charge on any atom is -0.419 e. The predicted octanol–water partition coefficient (Wildman–Crippen LogP) is 3.27. The lowest BCUT2D eigenvalue weighted by Crippen LogP contribution is -2.12. The lowest BCUT2D eigenvalue weighted by molar-refractivity contribution is -0.116. The minimum atomic E-state index is -0.0863. The van der Waals surface area contributed by atoms with Crippen LogP contribution in [0.5, 0.6) is 0 Å². The fraction of sp³-hybridized carbons (Fsp3) is 0.222. The Bertz CT molecular complexity index is 797. The number of carbonyl (C=O) groups excluding carboxylic acids is 1. The molecule has 0 aliphatic rings. The lowest BCUT2D eigenvalue weighted by atomic mass is 10.1. The summed E-state index contributed by atoms with van der Waals surface area (Å²) in [5.74, 6) is 0.699. The number of hydrogen-bond donors (Lipinski definition) is 1. The Morgan fingerprint density at radius 3 is 2.67 bits per heavy atom. The zero-order chi connectivity index (χ0) is 16.8. The first-order valence-corrected chi connectivity index (χ1v) is 7.87. The van der Waals surface area contributed by atoms with Crippen molar-refractivity contribution in [1.82, 2.24) is 15.2 Å². The van der Waals surface area contributed by atoms with Crippen LogP contribution in [-0.4, -0.2) is 21.1 Å². The van der Waals surface area contributed by atoms with Gasteiger partial charge >= 0.3 is 0 Å². The molecule has 6 nitrogen and oxygen atoms in total. The molecule has 24 heavy (non-hydrogen) atoms. The third-order valence-corrected chi connectivity index (χ3v) is 3.56. The highest BCUT2D eigenvalue weighted by Crippen LogP contribution is 2.15. The minimum absolute atomic E-state index is 0.0863. The number of carbonyl (C=O) groups is 1. The number of nitrogens with zero attached hydrogens (tertiary/aromatic N) is 3. The van der Waals surface area contributed by atoms with Gasteiger partial charge in [-0.1, -0.05) is 25.1 Å².